The third-order valence-electron chi connectivity index (χ3n) is 17.7. The first-order valence-corrected chi connectivity index (χ1v) is 42.5. The van der Waals surface area contributed by atoms with Gasteiger partial charge >= 0.3 is 39.5 Å². The van der Waals surface area contributed by atoms with E-state index in [2.05, 4.69) is 41.5 Å². The highest BCUT2D eigenvalue weighted by Crippen LogP contribution is 2.45. The summed E-state index contributed by atoms with van der Waals surface area (Å²) in [6.45, 7) is 9.56. The summed E-state index contributed by atoms with van der Waals surface area (Å²) >= 11 is 0. The van der Waals surface area contributed by atoms with Crippen LogP contribution in [0.1, 0.15) is 395 Å². The number of rotatable bonds is 75. The van der Waals surface area contributed by atoms with Crippen LogP contribution in [0.25, 0.3) is 0 Å². The van der Waals surface area contributed by atoms with Gasteiger partial charge in [-0.1, -0.05) is 343 Å². The lowest BCUT2D eigenvalue weighted by Crippen LogP contribution is -2.30. The van der Waals surface area contributed by atoms with Gasteiger partial charge in [0.1, 0.15) is 19.3 Å². The minimum atomic E-state index is -4.96. The van der Waals surface area contributed by atoms with E-state index >= 15 is 0 Å². The maximum absolute atomic E-state index is 13.1. The molecule has 0 radical (unpaired) electrons. The highest BCUT2D eigenvalue weighted by Gasteiger charge is 2.30. The molecule has 0 amide bonds. The number of carbonyl (C=O) groups is 4. The zero-order valence-electron chi connectivity index (χ0n) is 62.0. The normalized spacial score (nSPS) is 14.0. The smallest absolute Gasteiger partial charge is 0.462 e. The Kier molecular flexibility index (Phi) is 66.5. The number of phosphoric ester groups is 2. The van der Waals surface area contributed by atoms with Crippen LogP contribution in [0, 0.1) is 11.8 Å². The Bertz CT molecular complexity index is 1840. The van der Waals surface area contributed by atoms with Gasteiger partial charge in [-0.3, -0.25) is 37.3 Å². The first-order valence-electron chi connectivity index (χ1n) is 39.5. The molecule has 19 heteroatoms. The lowest BCUT2D eigenvalue weighted by molar-refractivity contribution is -0.161. The van der Waals surface area contributed by atoms with Gasteiger partial charge in [-0.25, -0.2) is 9.13 Å². The molecule has 0 aromatic heterocycles. The van der Waals surface area contributed by atoms with Crippen LogP contribution in [0.3, 0.4) is 0 Å². The van der Waals surface area contributed by atoms with Crippen LogP contribution < -0.4 is 0 Å². The van der Waals surface area contributed by atoms with E-state index in [4.69, 9.17) is 37.0 Å². The number of aliphatic hydroxyl groups is 1. The van der Waals surface area contributed by atoms with Gasteiger partial charge in [-0.2, -0.15) is 0 Å². The Balaban J connectivity index is 5.25. The van der Waals surface area contributed by atoms with E-state index in [1.165, 1.54) is 212 Å². The Hall–Kier alpha value is -1.94. The first-order chi connectivity index (χ1) is 45.9. The third-order valence-corrected chi connectivity index (χ3v) is 19.6. The van der Waals surface area contributed by atoms with E-state index < -0.39 is 97.5 Å². The number of esters is 4. The SMILES string of the molecule is CCCCCCCCCCCCCCCCCCCC(=O)O[C@H](COC(=O)CCCCCCCCCCCCCCCC)COP(=O)(O)OC[C@@H](O)COP(=O)(O)OC[C@@H](COC(=O)CCCCCCCCCCCC(C)C)OC(=O)CCCCCCCCCCCC(C)C. The molecule has 0 aromatic rings. The van der Waals surface area contributed by atoms with Crippen LogP contribution in [-0.4, -0.2) is 96.7 Å². The second-order valence-electron chi connectivity index (χ2n) is 28.3. The van der Waals surface area contributed by atoms with E-state index in [0.717, 1.165) is 102 Å². The van der Waals surface area contributed by atoms with Gasteiger partial charge in [0.15, 0.2) is 12.2 Å². The van der Waals surface area contributed by atoms with Gasteiger partial charge in [0.25, 0.3) is 0 Å². The van der Waals surface area contributed by atoms with Crippen molar-refractivity contribution in [3.8, 4) is 0 Å². The molecule has 95 heavy (non-hydrogen) atoms. The fourth-order valence-electron chi connectivity index (χ4n) is 11.7. The number of hydrogen-bond acceptors (Lipinski definition) is 15. The van der Waals surface area contributed by atoms with E-state index in [-0.39, 0.29) is 25.7 Å². The summed E-state index contributed by atoms with van der Waals surface area (Å²) in [6.07, 6.45) is 55.4. The predicted molar refractivity (Wildman–Crippen MR) is 386 cm³/mol. The largest absolute Gasteiger partial charge is 0.472 e. The lowest BCUT2D eigenvalue weighted by atomic mass is 10.0. The van der Waals surface area contributed by atoms with E-state index in [1.54, 1.807) is 0 Å². The molecule has 0 bridgehead atoms. The van der Waals surface area contributed by atoms with Crippen LogP contribution in [0.5, 0.6) is 0 Å². The van der Waals surface area contributed by atoms with Crippen LogP contribution in [0.4, 0.5) is 0 Å². The van der Waals surface area contributed by atoms with Gasteiger partial charge in [0.05, 0.1) is 26.4 Å². The second kappa shape index (κ2) is 67.9. The molecule has 0 aliphatic rings. The van der Waals surface area contributed by atoms with E-state index in [1.807, 2.05) is 0 Å². The summed E-state index contributed by atoms with van der Waals surface area (Å²) in [5, 5.41) is 10.6. The quantitative estimate of drug-likeness (QED) is 0.0222. The molecule has 0 aliphatic carbocycles. The van der Waals surface area contributed by atoms with Crippen molar-refractivity contribution >= 4 is 39.5 Å². The number of hydrogen-bond donors (Lipinski definition) is 3. The minimum absolute atomic E-state index is 0.105. The van der Waals surface area contributed by atoms with Gasteiger partial charge in [0, 0.05) is 25.7 Å². The monoisotopic (exact) mass is 1400 g/mol. The van der Waals surface area contributed by atoms with Crippen molar-refractivity contribution in [3.05, 3.63) is 0 Å². The highest BCUT2D eigenvalue weighted by molar-refractivity contribution is 7.47. The maximum Gasteiger partial charge on any atom is 0.472 e. The Morgan fingerprint density at radius 1 is 0.284 bits per heavy atom. The van der Waals surface area contributed by atoms with Crippen molar-refractivity contribution < 1.29 is 80.2 Å². The van der Waals surface area contributed by atoms with Crippen LogP contribution in [0.15, 0.2) is 0 Å². The summed E-state index contributed by atoms with van der Waals surface area (Å²) in [6, 6.07) is 0. The van der Waals surface area contributed by atoms with Crippen LogP contribution >= 0.6 is 15.6 Å². The van der Waals surface area contributed by atoms with Gasteiger partial charge < -0.3 is 33.8 Å². The molecule has 0 saturated heterocycles. The van der Waals surface area contributed by atoms with Gasteiger partial charge in [-0.05, 0) is 37.5 Å². The van der Waals surface area contributed by atoms with Crippen LogP contribution in [0.2, 0.25) is 0 Å². The summed E-state index contributed by atoms with van der Waals surface area (Å²) in [7, 11) is -9.91. The van der Waals surface area contributed by atoms with Crippen molar-refractivity contribution in [2.75, 3.05) is 39.6 Å². The van der Waals surface area contributed by atoms with Crippen molar-refractivity contribution in [3.63, 3.8) is 0 Å². The standard InChI is InChI=1S/C76H148O17P2/c1-7-9-11-13-15-17-19-21-23-24-25-27-29-35-42-48-54-60-75(80)92-71(64-86-73(78)58-52-46-40-34-28-26-22-20-18-16-14-12-10-8-2)66-90-94(82,83)88-62-70(77)63-89-95(84,85)91-67-72(93-76(81)61-55-49-43-37-31-33-39-45-51-57-69(5)6)65-87-74(79)59-53-47-41-36-30-32-38-44-50-56-68(3)4/h68-72,77H,7-67H2,1-6H3,(H,82,83)(H,84,85)/t70-,71-,72-/m1/s1. The van der Waals surface area contributed by atoms with Crippen LogP contribution in [-0.2, 0) is 65.4 Å². The Morgan fingerprint density at radius 3 is 0.716 bits per heavy atom. The average Bonchev–Trinajstić information content (AvgIpc) is 1.70. The molecule has 0 heterocycles. The van der Waals surface area contributed by atoms with Gasteiger partial charge in [-0.15, -0.1) is 0 Å². The van der Waals surface area contributed by atoms with Crippen molar-refractivity contribution in [1.82, 2.24) is 0 Å². The lowest BCUT2D eigenvalue weighted by Gasteiger charge is -2.21. The van der Waals surface area contributed by atoms with E-state index in [0.29, 0.717) is 25.7 Å². The molecule has 0 aromatic carbocycles. The fourth-order valence-corrected chi connectivity index (χ4v) is 13.2. The second-order valence-corrected chi connectivity index (χ2v) is 31.3. The molecule has 564 valence electrons. The highest BCUT2D eigenvalue weighted by atomic mass is 31.2. The molecule has 2 unspecified atom stereocenters. The molecule has 5 atom stereocenters. The van der Waals surface area contributed by atoms with Crippen molar-refractivity contribution in [2.24, 2.45) is 11.8 Å². The molecule has 0 rings (SSSR count). The molecule has 3 N–H and O–H groups in total. The predicted octanol–water partition coefficient (Wildman–Crippen LogP) is 22.3. The molecule has 17 nitrogen and oxygen atoms in total. The van der Waals surface area contributed by atoms with Crippen molar-refractivity contribution in [2.45, 2.75) is 413 Å². The number of unbranched alkanes of at least 4 members (excludes halogenated alkanes) is 45. The Labute approximate surface area is 581 Å². The Morgan fingerprint density at radius 2 is 0.484 bits per heavy atom. The molecular formula is C76H148O17P2. The average molecular weight is 1400 g/mol. The fraction of sp³-hybridized carbons (Fsp3) is 0.947. The maximum atomic E-state index is 13.1. The number of phosphoric acid groups is 2. The third kappa shape index (κ3) is 70.3. The zero-order chi connectivity index (χ0) is 70.0. The molecule has 0 aliphatic heterocycles. The molecule has 0 spiro atoms. The summed E-state index contributed by atoms with van der Waals surface area (Å²) < 4.78 is 68.5. The zero-order valence-corrected chi connectivity index (χ0v) is 63.8. The summed E-state index contributed by atoms with van der Waals surface area (Å²) in [5.41, 5.74) is 0. The van der Waals surface area contributed by atoms with E-state index in [9.17, 15) is 43.2 Å². The molecular weight excluding hydrogens is 1250 g/mol. The first kappa shape index (κ1) is 93.1. The molecule has 0 fully saturated rings. The summed E-state index contributed by atoms with van der Waals surface area (Å²) in [5.74, 6) is -0.634. The summed E-state index contributed by atoms with van der Waals surface area (Å²) in [4.78, 5) is 72.8. The molecule has 0 saturated carbocycles. The number of aliphatic hydroxyl groups excluding tert-OH is 1. The minimum Gasteiger partial charge on any atom is -0.462 e. The number of ether oxygens (including phenoxy) is 4. The van der Waals surface area contributed by atoms with Crippen molar-refractivity contribution in [1.29, 1.82) is 0 Å². The number of carbonyl (C=O) groups excluding carboxylic acids is 4. The topological polar surface area (TPSA) is 237 Å². The van der Waals surface area contributed by atoms with Gasteiger partial charge in [0.2, 0.25) is 0 Å².